The summed E-state index contributed by atoms with van der Waals surface area (Å²) >= 11 is 6.14. The van der Waals surface area contributed by atoms with Crippen molar-refractivity contribution in [1.29, 1.82) is 0 Å². The molecular formula is C16H28ClIN4. The number of nitrogens with zero attached hydrogens (tertiary/aromatic N) is 1. The molecule has 0 heterocycles. The van der Waals surface area contributed by atoms with Gasteiger partial charge < -0.3 is 16.0 Å². The number of halogens is 2. The summed E-state index contributed by atoms with van der Waals surface area (Å²) in [6, 6.07) is 7.79. The van der Waals surface area contributed by atoms with Gasteiger partial charge in [-0.2, -0.15) is 0 Å². The van der Waals surface area contributed by atoms with E-state index in [2.05, 4.69) is 48.6 Å². The Kier molecular flexibility index (Phi) is 10.8. The largest absolute Gasteiger partial charge is 0.357 e. The van der Waals surface area contributed by atoms with Gasteiger partial charge in [0.05, 0.1) is 6.54 Å². The standard InChI is InChI=1S/C16H27ClN4.HI/c1-5-18-15(19-10-11-21-16(2,3)4)20-12-13-8-6-7-9-14(13)17;/h6-9,21H,5,10-12H2,1-4H3,(H2,18,19,20);1H. The van der Waals surface area contributed by atoms with Crippen molar-refractivity contribution in [3.8, 4) is 0 Å². The van der Waals surface area contributed by atoms with Gasteiger partial charge in [-0.15, -0.1) is 24.0 Å². The van der Waals surface area contributed by atoms with Gasteiger partial charge in [0.2, 0.25) is 0 Å². The van der Waals surface area contributed by atoms with Crippen LogP contribution in [0.2, 0.25) is 5.02 Å². The Labute approximate surface area is 156 Å². The number of nitrogens with one attached hydrogen (secondary N) is 3. The van der Waals surface area contributed by atoms with Crippen LogP contribution in [-0.4, -0.2) is 31.1 Å². The van der Waals surface area contributed by atoms with E-state index in [-0.39, 0.29) is 29.5 Å². The lowest BCUT2D eigenvalue weighted by molar-refractivity contribution is 0.428. The summed E-state index contributed by atoms with van der Waals surface area (Å²) in [6.07, 6.45) is 0. The molecule has 0 bridgehead atoms. The van der Waals surface area contributed by atoms with E-state index in [1.165, 1.54) is 0 Å². The van der Waals surface area contributed by atoms with E-state index in [9.17, 15) is 0 Å². The Morgan fingerprint density at radius 3 is 2.41 bits per heavy atom. The fourth-order valence-corrected chi connectivity index (χ4v) is 1.95. The average Bonchev–Trinajstić information content (AvgIpc) is 2.41. The first-order chi connectivity index (χ1) is 9.92. The van der Waals surface area contributed by atoms with Crippen molar-refractivity contribution in [2.75, 3.05) is 19.6 Å². The molecule has 0 aliphatic rings. The Morgan fingerprint density at radius 1 is 1.14 bits per heavy atom. The number of benzene rings is 1. The van der Waals surface area contributed by atoms with E-state index in [0.29, 0.717) is 6.54 Å². The third-order valence-corrected chi connectivity index (χ3v) is 3.15. The van der Waals surface area contributed by atoms with Crippen LogP contribution in [0.25, 0.3) is 0 Å². The van der Waals surface area contributed by atoms with Crippen molar-refractivity contribution in [1.82, 2.24) is 16.0 Å². The first-order valence-electron chi connectivity index (χ1n) is 7.43. The SMILES string of the molecule is CCNC(=NCc1ccccc1Cl)NCCNC(C)(C)C.I. The molecule has 0 atom stereocenters. The second-order valence-electron chi connectivity index (χ2n) is 5.89. The van der Waals surface area contributed by atoms with Crippen LogP contribution in [0.4, 0.5) is 0 Å². The summed E-state index contributed by atoms with van der Waals surface area (Å²) in [6.45, 7) is 11.6. The molecule has 3 N–H and O–H groups in total. The van der Waals surface area contributed by atoms with Crippen molar-refractivity contribution in [2.24, 2.45) is 4.99 Å². The zero-order chi connectivity index (χ0) is 15.7. The van der Waals surface area contributed by atoms with E-state index >= 15 is 0 Å². The highest BCUT2D eigenvalue weighted by Crippen LogP contribution is 2.15. The van der Waals surface area contributed by atoms with Gasteiger partial charge in [-0.25, -0.2) is 4.99 Å². The fraction of sp³-hybridized carbons (Fsp3) is 0.562. The van der Waals surface area contributed by atoms with Gasteiger partial charge in [0.1, 0.15) is 0 Å². The lowest BCUT2D eigenvalue weighted by Gasteiger charge is -2.21. The maximum atomic E-state index is 6.14. The number of hydrogen-bond donors (Lipinski definition) is 3. The van der Waals surface area contributed by atoms with E-state index in [1.54, 1.807) is 0 Å². The zero-order valence-corrected chi connectivity index (χ0v) is 17.0. The van der Waals surface area contributed by atoms with Crippen LogP contribution in [0.5, 0.6) is 0 Å². The summed E-state index contributed by atoms with van der Waals surface area (Å²) < 4.78 is 0. The summed E-state index contributed by atoms with van der Waals surface area (Å²) in [5.41, 5.74) is 1.17. The van der Waals surface area contributed by atoms with E-state index < -0.39 is 0 Å². The van der Waals surface area contributed by atoms with Crippen LogP contribution in [0.3, 0.4) is 0 Å². The first-order valence-corrected chi connectivity index (χ1v) is 7.81. The van der Waals surface area contributed by atoms with Crippen molar-refractivity contribution in [2.45, 2.75) is 39.8 Å². The molecule has 126 valence electrons. The maximum Gasteiger partial charge on any atom is 0.191 e. The molecule has 0 amide bonds. The summed E-state index contributed by atoms with van der Waals surface area (Å²) in [4.78, 5) is 4.56. The predicted molar refractivity (Wildman–Crippen MR) is 107 cm³/mol. The van der Waals surface area contributed by atoms with Crippen molar-refractivity contribution >= 4 is 41.5 Å². The monoisotopic (exact) mass is 438 g/mol. The summed E-state index contributed by atoms with van der Waals surface area (Å²) in [5.74, 6) is 0.813. The van der Waals surface area contributed by atoms with Crippen molar-refractivity contribution in [3.05, 3.63) is 34.9 Å². The molecule has 1 aromatic rings. The van der Waals surface area contributed by atoms with Crippen LogP contribution in [0.1, 0.15) is 33.3 Å². The van der Waals surface area contributed by atoms with Gasteiger partial charge in [-0.05, 0) is 39.3 Å². The number of rotatable bonds is 6. The number of hydrogen-bond acceptors (Lipinski definition) is 2. The highest BCUT2D eigenvalue weighted by molar-refractivity contribution is 14.0. The second kappa shape index (κ2) is 11.1. The van der Waals surface area contributed by atoms with Crippen LogP contribution in [0.15, 0.2) is 29.3 Å². The number of guanidine groups is 1. The second-order valence-corrected chi connectivity index (χ2v) is 6.30. The molecule has 0 aromatic heterocycles. The minimum Gasteiger partial charge on any atom is -0.357 e. The third kappa shape index (κ3) is 9.48. The molecule has 0 fully saturated rings. The fourth-order valence-electron chi connectivity index (χ4n) is 1.75. The summed E-state index contributed by atoms with van der Waals surface area (Å²) in [5, 5.41) is 10.7. The Bertz CT molecular complexity index is 458. The molecule has 6 heteroatoms. The van der Waals surface area contributed by atoms with Gasteiger partial charge in [0.15, 0.2) is 5.96 Å². The Hall–Kier alpha value is -0.530. The molecule has 0 spiro atoms. The van der Waals surface area contributed by atoms with Gasteiger partial charge >= 0.3 is 0 Å². The quantitative estimate of drug-likeness (QED) is 0.276. The van der Waals surface area contributed by atoms with Crippen molar-refractivity contribution < 1.29 is 0 Å². The van der Waals surface area contributed by atoms with E-state index in [0.717, 1.165) is 36.2 Å². The van der Waals surface area contributed by atoms with Gasteiger partial charge in [-0.3, -0.25) is 0 Å². The van der Waals surface area contributed by atoms with Crippen molar-refractivity contribution in [3.63, 3.8) is 0 Å². The van der Waals surface area contributed by atoms with E-state index in [4.69, 9.17) is 11.6 Å². The highest BCUT2D eigenvalue weighted by Gasteiger charge is 2.07. The minimum atomic E-state index is 0. The third-order valence-electron chi connectivity index (χ3n) is 2.78. The Balaban J connectivity index is 0.00000441. The lowest BCUT2D eigenvalue weighted by atomic mass is 10.1. The van der Waals surface area contributed by atoms with Crippen LogP contribution < -0.4 is 16.0 Å². The minimum absolute atomic E-state index is 0. The van der Waals surface area contributed by atoms with Gasteiger partial charge in [-0.1, -0.05) is 29.8 Å². The number of aliphatic imine (C=N–C) groups is 1. The van der Waals surface area contributed by atoms with Crippen LogP contribution >= 0.6 is 35.6 Å². The maximum absolute atomic E-state index is 6.14. The molecule has 0 saturated carbocycles. The zero-order valence-electron chi connectivity index (χ0n) is 13.9. The van der Waals surface area contributed by atoms with Crippen LogP contribution in [0, 0.1) is 0 Å². The summed E-state index contributed by atoms with van der Waals surface area (Å²) in [7, 11) is 0. The molecule has 0 radical (unpaired) electrons. The molecular weight excluding hydrogens is 411 g/mol. The molecule has 0 aliphatic carbocycles. The molecule has 4 nitrogen and oxygen atoms in total. The Morgan fingerprint density at radius 2 is 1.82 bits per heavy atom. The average molecular weight is 439 g/mol. The molecule has 22 heavy (non-hydrogen) atoms. The molecule has 1 aromatic carbocycles. The molecule has 0 unspecified atom stereocenters. The predicted octanol–water partition coefficient (Wildman–Crippen LogP) is 3.40. The normalized spacial score (nSPS) is 11.8. The highest BCUT2D eigenvalue weighted by atomic mass is 127. The first kappa shape index (κ1) is 21.5. The molecule has 0 aliphatic heterocycles. The lowest BCUT2D eigenvalue weighted by Crippen LogP contribution is -2.44. The topological polar surface area (TPSA) is 48.5 Å². The van der Waals surface area contributed by atoms with Gasteiger partial charge in [0, 0.05) is 30.2 Å². The van der Waals surface area contributed by atoms with E-state index in [1.807, 2.05) is 24.3 Å². The molecule has 1 rings (SSSR count). The van der Waals surface area contributed by atoms with Gasteiger partial charge in [0.25, 0.3) is 0 Å². The smallest absolute Gasteiger partial charge is 0.191 e. The molecule has 0 saturated heterocycles. The van der Waals surface area contributed by atoms with Crippen LogP contribution in [-0.2, 0) is 6.54 Å².